The number of piperidine rings is 1. The second kappa shape index (κ2) is 4.37. The van der Waals surface area contributed by atoms with E-state index in [-0.39, 0.29) is 0 Å². The Labute approximate surface area is 78.4 Å². The van der Waals surface area contributed by atoms with Gasteiger partial charge >= 0.3 is 0 Å². The van der Waals surface area contributed by atoms with Crippen molar-refractivity contribution < 1.29 is 0 Å². The smallest absolute Gasteiger partial charge is 0.137 e. The highest BCUT2D eigenvalue weighted by Gasteiger charge is 2.11. The minimum atomic E-state index is 0.693. The molecule has 1 aliphatic rings. The molecule has 1 aromatic rings. The summed E-state index contributed by atoms with van der Waals surface area (Å²) >= 11 is 0. The van der Waals surface area contributed by atoms with Gasteiger partial charge in [-0.15, -0.1) is 0 Å². The predicted octanol–water partition coefficient (Wildman–Crippen LogP) is 0.810. The van der Waals surface area contributed by atoms with Gasteiger partial charge in [-0.05, 0) is 25.8 Å². The summed E-state index contributed by atoms with van der Waals surface area (Å²) in [7, 11) is 0. The zero-order valence-electron chi connectivity index (χ0n) is 7.82. The lowest BCUT2D eigenvalue weighted by atomic mass is 10.0. The highest BCUT2D eigenvalue weighted by molar-refractivity contribution is 4.72. The monoisotopic (exact) mass is 180 g/mol. The van der Waals surface area contributed by atoms with Crippen molar-refractivity contribution in [2.24, 2.45) is 0 Å². The van der Waals surface area contributed by atoms with Crippen LogP contribution in [-0.4, -0.2) is 27.4 Å². The number of rotatable bonds is 3. The first-order valence-corrected chi connectivity index (χ1v) is 5.01. The van der Waals surface area contributed by atoms with Crippen LogP contribution in [0.2, 0.25) is 0 Å². The fourth-order valence-electron chi connectivity index (χ4n) is 1.81. The van der Waals surface area contributed by atoms with Crippen LogP contribution >= 0.6 is 0 Å². The Hall–Kier alpha value is -0.900. The zero-order chi connectivity index (χ0) is 8.93. The van der Waals surface area contributed by atoms with E-state index in [1.54, 1.807) is 12.7 Å². The van der Waals surface area contributed by atoms with E-state index in [1.165, 1.54) is 32.2 Å². The highest BCUT2D eigenvalue weighted by Crippen LogP contribution is 2.10. The van der Waals surface area contributed by atoms with E-state index in [4.69, 9.17) is 0 Å². The van der Waals surface area contributed by atoms with E-state index in [1.807, 2.05) is 4.68 Å². The maximum Gasteiger partial charge on any atom is 0.137 e. The molecule has 0 unspecified atom stereocenters. The molecule has 2 rings (SSSR count). The summed E-state index contributed by atoms with van der Waals surface area (Å²) in [5, 5.41) is 7.60. The number of hydrogen-bond acceptors (Lipinski definition) is 3. The Bertz CT molecular complexity index is 226. The maximum atomic E-state index is 4.08. The molecule has 13 heavy (non-hydrogen) atoms. The third-order valence-corrected chi connectivity index (χ3v) is 2.59. The Morgan fingerprint density at radius 1 is 1.46 bits per heavy atom. The van der Waals surface area contributed by atoms with Gasteiger partial charge in [-0.3, -0.25) is 4.68 Å². The molecule has 1 fully saturated rings. The molecule has 4 heteroatoms. The van der Waals surface area contributed by atoms with Crippen LogP contribution in [0.3, 0.4) is 0 Å². The molecule has 1 N–H and O–H groups in total. The van der Waals surface area contributed by atoms with Crippen LogP contribution in [0.1, 0.15) is 25.7 Å². The van der Waals surface area contributed by atoms with E-state index >= 15 is 0 Å². The average molecular weight is 180 g/mol. The molecule has 1 aliphatic heterocycles. The first-order chi connectivity index (χ1) is 6.45. The summed E-state index contributed by atoms with van der Waals surface area (Å²) in [4.78, 5) is 3.92. The molecule has 1 aromatic heterocycles. The molecule has 0 aromatic carbocycles. The standard InChI is InChI=1S/C9H16N4/c1-2-5-11-9(3-1)4-6-13-8-10-7-12-13/h7-9,11H,1-6H2/t9-/m1/s1. The lowest BCUT2D eigenvalue weighted by molar-refractivity contribution is 0.360. The summed E-state index contributed by atoms with van der Waals surface area (Å²) in [6, 6.07) is 0.693. The van der Waals surface area contributed by atoms with Crippen LogP contribution in [0.15, 0.2) is 12.7 Å². The quantitative estimate of drug-likeness (QED) is 0.748. The van der Waals surface area contributed by atoms with Crippen LogP contribution in [-0.2, 0) is 6.54 Å². The van der Waals surface area contributed by atoms with Gasteiger partial charge in [0.2, 0.25) is 0 Å². The Kier molecular flexibility index (Phi) is 2.92. The van der Waals surface area contributed by atoms with Crippen molar-refractivity contribution >= 4 is 0 Å². The van der Waals surface area contributed by atoms with Crippen molar-refractivity contribution in [3.05, 3.63) is 12.7 Å². The summed E-state index contributed by atoms with van der Waals surface area (Å²) in [6.45, 7) is 2.17. The summed E-state index contributed by atoms with van der Waals surface area (Å²) < 4.78 is 1.90. The molecule has 1 atom stereocenters. The molecular weight excluding hydrogens is 164 g/mol. The second-order valence-corrected chi connectivity index (χ2v) is 3.59. The van der Waals surface area contributed by atoms with E-state index in [0.717, 1.165) is 6.54 Å². The van der Waals surface area contributed by atoms with Crippen molar-refractivity contribution in [1.29, 1.82) is 0 Å². The second-order valence-electron chi connectivity index (χ2n) is 3.59. The summed E-state index contributed by atoms with van der Waals surface area (Å²) in [5.74, 6) is 0. The van der Waals surface area contributed by atoms with Gasteiger partial charge in [0.1, 0.15) is 12.7 Å². The van der Waals surface area contributed by atoms with Crippen molar-refractivity contribution in [2.75, 3.05) is 6.54 Å². The molecular formula is C9H16N4. The first-order valence-electron chi connectivity index (χ1n) is 5.01. The lowest BCUT2D eigenvalue weighted by Gasteiger charge is -2.23. The largest absolute Gasteiger partial charge is 0.314 e. The minimum absolute atomic E-state index is 0.693. The highest BCUT2D eigenvalue weighted by atomic mass is 15.3. The average Bonchev–Trinajstić information content (AvgIpc) is 2.69. The Balaban J connectivity index is 1.72. The van der Waals surface area contributed by atoms with Crippen LogP contribution < -0.4 is 5.32 Å². The third kappa shape index (κ3) is 2.52. The van der Waals surface area contributed by atoms with E-state index in [9.17, 15) is 0 Å². The maximum absolute atomic E-state index is 4.08. The van der Waals surface area contributed by atoms with Crippen LogP contribution in [0.4, 0.5) is 0 Å². The van der Waals surface area contributed by atoms with Gasteiger partial charge in [-0.1, -0.05) is 6.42 Å². The van der Waals surface area contributed by atoms with Gasteiger partial charge in [-0.2, -0.15) is 5.10 Å². The van der Waals surface area contributed by atoms with Crippen LogP contribution in [0.25, 0.3) is 0 Å². The van der Waals surface area contributed by atoms with Crippen molar-refractivity contribution in [3.8, 4) is 0 Å². The molecule has 0 spiro atoms. The molecule has 0 aliphatic carbocycles. The van der Waals surface area contributed by atoms with E-state index in [0.29, 0.717) is 6.04 Å². The van der Waals surface area contributed by atoms with Gasteiger partial charge < -0.3 is 5.32 Å². The van der Waals surface area contributed by atoms with E-state index in [2.05, 4.69) is 15.4 Å². The first kappa shape index (κ1) is 8.69. The van der Waals surface area contributed by atoms with E-state index < -0.39 is 0 Å². The fraction of sp³-hybridized carbons (Fsp3) is 0.778. The molecule has 1 saturated heterocycles. The molecule has 2 heterocycles. The number of nitrogens with zero attached hydrogens (tertiary/aromatic N) is 3. The molecule has 0 amide bonds. The lowest BCUT2D eigenvalue weighted by Crippen LogP contribution is -2.34. The van der Waals surface area contributed by atoms with Gasteiger partial charge in [0.25, 0.3) is 0 Å². The van der Waals surface area contributed by atoms with Gasteiger partial charge in [0.05, 0.1) is 0 Å². The van der Waals surface area contributed by atoms with Crippen molar-refractivity contribution in [2.45, 2.75) is 38.3 Å². The molecule has 0 saturated carbocycles. The number of aromatic nitrogens is 3. The minimum Gasteiger partial charge on any atom is -0.314 e. The van der Waals surface area contributed by atoms with Crippen molar-refractivity contribution in [1.82, 2.24) is 20.1 Å². The normalized spacial score (nSPS) is 23.2. The number of nitrogens with one attached hydrogen (secondary N) is 1. The van der Waals surface area contributed by atoms with Crippen LogP contribution in [0, 0.1) is 0 Å². The summed E-state index contributed by atoms with van der Waals surface area (Å²) in [6.07, 6.45) is 8.56. The fourth-order valence-corrected chi connectivity index (χ4v) is 1.81. The zero-order valence-corrected chi connectivity index (χ0v) is 7.82. The Morgan fingerprint density at radius 2 is 2.46 bits per heavy atom. The third-order valence-electron chi connectivity index (χ3n) is 2.59. The SMILES string of the molecule is c1ncn(CC[C@H]2CCCCN2)n1. The number of aryl methyl sites for hydroxylation is 1. The topological polar surface area (TPSA) is 42.7 Å². The number of hydrogen-bond donors (Lipinski definition) is 1. The molecule has 4 nitrogen and oxygen atoms in total. The van der Waals surface area contributed by atoms with Gasteiger partial charge in [0, 0.05) is 12.6 Å². The molecule has 72 valence electrons. The Morgan fingerprint density at radius 3 is 3.15 bits per heavy atom. The summed E-state index contributed by atoms with van der Waals surface area (Å²) in [5.41, 5.74) is 0. The molecule has 0 radical (unpaired) electrons. The van der Waals surface area contributed by atoms with Gasteiger partial charge in [-0.25, -0.2) is 4.98 Å². The molecule has 0 bridgehead atoms. The van der Waals surface area contributed by atoms with Crippen molar-refractivity contribution in [3.63, 3.8) is 0 Å². The van der Waals surface area contributed by atoms with Crippen LogP contribution in [0.5, 0.6) is 0 Å². The predicted molar refractivity (Wildman–Crippen MR) is 50.3 cm³/mol. The van der Waals surface area contributed by atoms with Gasteiger partial charge in [0.15, 0.2) is 0 Å².